The van der Waals surface area contributed by atoms with Crippen LogP contribution in [-0.2, 0) is 11.3 Å². The molecule has 0 saturated carbocycles. The molecule has 2 heterocycles. The Balaban J connectivity index is 1.69. The highest BCUT2D eigenvalue weighted by atomic mass is 32.2. The lowest BCUT2D eigenvalue weighted by Crippen LogP contribution is -2.14. The summed E-state index contributed by atoms with van der Waals surface area (Å²) in [6.07, 6.45) is 0. The molecule has 0 spiro atoms. The predicted octanol–water partition coefficient (Wildman–Crippen LogP) is 3.60. The number of carbonyl (C=O) groups excluding carboxylic acids is 1. The minimum Gasteiger partial charge on any atom is -0.302 e. The Kier molecular flexibility index (Phi) is 5.44. The highest BCUT2D eigenvalue weighted by Crippen LogP contribution is 2.24. The van der Waals surface area contributed by atoms with E-state index in [1.807, 2.05) is 23.8 Å². The van der Waals surface area contributed by atoms with Crippen molar-refractivity contribution in [3.05, 3.63) is 41.2 Å². The zero-order valence-corrected chi connectivity index (χ0v) is 15.3. The van der Waals surface area contributed by atoms with E-state index in [1.165, 1.54) is 35.2 Å². The number of anilines is 1. The van der Waals surface area contributed by atoms with E-state index in [9.17, 15) is 9.18 Å². The number of halogens is 1. The molecular formula is C16H16FN5OS2. The Morgan fingerprint density at radius 1 is 1.40 bits per heavy atom. The molecule has 2 aromatic heterocycles. The van der Waals surface area contributed by atoms with Crippen molar-refractivity contribution in [2.45, 2.75) is 25.5 Å². The molecule has 3 rings (SSSR count). The van der Waals surface area contributed by atoms with E-state index in [0.717, 1.165) is 5.69 Å². The Morgan fingerprint density at radius 3 is 2.92 bits per heavy atom. The monoisotopic (exact) mass is 377 g/mol. The zero-order chi connectivity index (χ0) is 17.8. The first-order valence-electron chi connectivity index (χ1n) is 7.60. The number of aromatic nitrogens is 4. The number of benzene rings is 1. The van der Waals surface area contributed by atoms with Crippen molar-refractivity contribution in [3.63, 3.8) is 0 Å². The number of aryl methyl sites for hydroxylation is 1. The minimum atomic E-state index is -0.324. The summed E-state index contributed by atoms with van der Waals surface area (Å²) in [4.78, 5) is 16.2. The zero-order valence-electron chi connectivity index (χ0n) is 13.7. The molecule has 1 aromatic carbocycles. The smallest absolute Gasteiger partial charge is 0.236 e. The lowest BCUT2D eigenvalue weighted by Gasteiger charge is -2.07. The average Bonchev–Trinajstić information content (AvgIpc) is 3.18. The summed E-state index contributed by atoms with van der Waals surface area (Å²) >= 11 is 2.67. The number of nitrogens with one attached hydrogen (secondary N) is 1. The number of rotatable bonds is 6. The van der Waals surface area contributed by atoms with Gasteiger partial charge in [-0.1, -0.05) is 23.9 Å². The first kappa shape index (κ1) is 17.6. The second-order valence-electron chi connectivity index (χ2n) is 5.19. The molecule has 0 aliphatic heterocycles. The van der Waals surface area contributed by atoms with Gasteiger partial charge in [0.2, 0.25) is 5.91 Å². The first-order valence-corrected chi connectivity index (χ1v) is 9.47. The Labute approximate surface area is 152 Å². The van der Waals surface area contributed by atoms with Gasteiger partial charge in [-0.2, -0.15) is 0 Å². The van der Waals surface area contributed by atoms with Crippen LogP contribution in [0, 0.1) is 12.7 Å². The van der Waals surface area contributed by atoms with Gasteiger partial charge in [0.25, 0.3) is 0 Å². The summed E-state index contributed by atoms with van der Waals surface area (Å²) in [5.41, 5.74) is 1.53. The third-order valence-corrected chi connectivity index (χ3v) is 5.16. The van der Waals surface area contributed by atoms with Crippen molar-refractivity contribution in [3.8, 4) is 11.4 Å². The number of carbonyl (C=O) groups is 1. The summed E-state index contributed by atoms with van der Waals surface area (Å²) in [5.74, 6) is 0.299. The van der Waals surface area contributed by atoms with Crippen LogP contribution in [0.2, 0.25) is 0 Å². The van der Waals surface area contributed by atoms with Crippen LogP contribution in [0.15, 0.2) is 34.8 Å². The van der Waals surface area contributed by atoms with Crippen LogP contribution >= 0.6 is 23.1 Å². The number of hydrogen-bond donors (Lipinski definition) is 1. The number of thiazole rings is 1. The minimum absolute atomic E-state index is 0.155. The molecule has 0 bridgehead atoms. The Bertz CT molecular complexity index is 892. The van der Waals surface area contributed by atoms with Gasteiger partial charge in [0.1, 0.15) is 5.82 Å². The average molecular weight is 377 g/mol. The van der Waals surface area contributed by atoms with Crippen molar-refractivity contribution in [2.75, 3.05) is 11.1 Å². The van der Waals surface area contributed by atoms with Crippen molar-refractivity contribution < 1.29 is 9.18 Å². The normalized spacial score (nSPS) is 10.8. The molecular weight excluding hydrogens is 361 g/mol. The topological polar surface area (TPSA) is 72.7 Å². The van der Waals surface area contributed by atoms with E-state index < -0.39 is 0 Å². The molecule has 25 heavy (non-hydrogen) atoms. The van der Waals surface area contributed by atoms with Crippen molar-refractivity contribution in [2.24, 2.45) is 0 Å². The van der Waals surface area contributed by atoms with E-state index in [-0.39, 0.29) is 17.5 Å². The van der Waals surface area contributed by atoms with Gasteiger partial charge in [0.05, 0.1) is 11.4 Å². The molecule has 0 unspecified atom stereocenters. The van der Waals surface area contributed by atoms with Crippen molar-refractivity contribution in [1.29, 1.82) is 0 Å². The van der Waals surface area contributed by atoms with Gasteiger partial charge in [0.15, 0.2) is 16.1 Å². The maximum atomic E-state index is 13.4. The largest absolute Gasteiger partial charge is 0.302 e. The van der Waals surface area contributed by atoms with E-state index in [0.29, 0.717) is 28.2 Å². The molecule has 0 aliphatic rings. The number of amides is 1. The molecule has 0 saturated heterocycles. The number of hydrogen-bond acceptors (Lipinski definition) is 6. The fraction of sp³-hybridized carbons (Fsp3) is 0.250. The molecule has 6 nitrogen and oxygen atoms in total. The van der Waals surface area contributed by atoms with E-state index in [2.05, 4.69) is 20.5 Å². The summed E-state index contributed by atoms with van der Waals surface area (Å²) in [5, 5.41) is 14.1. The van der Waals surface area contributed by atoms with Crippen LogP contribution in [0.25, 0.3) is 11.4 Å². The second-order valence-corrected chi connectivity index (χ2v) is 6.99. The van der Waals surface area contributed by atoms with Gasteiger partial charge < -0.3 is 9.88 Å². The van der Waals surface area contributed by atoms with Crippen LogP contribution in [0.4, 0.5) is 9.52 Å². The van der Waals surface area contributed by atoms with Gasteiger partial charge >= 0.3 is 0 Å². The predicted molar refractivity (Wildman–Crippen MR) is 97.3 cm³/mol. The molecule has 9 heteroatoms. The first-order chi connectivity index (χ1) is 12.1. The third-order valence-electron chi connectivity index (χ3n) is 3.31. The van der Waals surface area contributed by atoms with Crippen molar-refractivity contribution >= 4 is 34.1 Å². The molecule has 0 fully saturated rings. The highest BCUT2D eigenvalue weighted by molar-refractivity contribution is 7.99. The number of thioether (sulfide) groups is 1. The Morgan fingerprint density at radius 2 is 2.24 bits per heavy atom. The van der Waals surface area contributed by atoms with E-state index in [4.69, 9.17) is 0 Å². The summed E-state index contributed by atoms with van der Waals surface area (Å²) < 4.78 is 15.3. The van der Waals surface area contributed by atoms with Gasteiger partial charge in [-0.3, -0.25) is 4.79 Å². The molecule has 0 aliphatic carbocycles. The molecule has 0 radical (unpaired) electrons. The third kappa shape index (κ3) is 4.23. The van der Waals surface area contributed by atoms with Crippen LogP contribution in [0.3, 0.4) is 0 Å². The van der Waals surface area contributed by atoms with Crippen LogP contribution in [0.5, 0.6) is 0 Å². The highest BCUT2D eigenvalue weighted by Gasteiger charge is 2.15. The summed E-state index contributed by atoms with van der Waals surface area (Å²) in [6, 6.07) is 6.22. The maximum absolute atomic E-state index is 13.4. The molecule has 0 atom stereocenters. The van der Waals surface area contributed by atoms with E-state index in [1.54, 1.807) is 12.1 Å². The molecule has 130 valence electrons. The lowest BCUT2D eigenvalue weighted by molar-refractivity contribution is -0.113. The van der Waals surface area contributed by atoms with Crippen LogP contribution in [-0.4, -0.2) is 31.4 Å². The summed E-state index contributed by atoms with van der Waals surface area (Å²) in [6.45, 7) is 4.45. The van der Waals surface area contributed by atoms with Crippen LogP contribution < -0.4 is 5.32 Å². The van der Waals surface area contributed by atoms with Crippen LogP contribution in [0.1, 0.15) is 12.6 Å². The fourth-order valence-corrected chi connectivity index (χ4v) is 3.73. The molecule has 1 N–H and O–H groups in total. The number of nitrogens with zero attached hydrogens (tertiary/aromatic N) is 4. The SMILES string of the molecule is CCn1c(SCC(=O)Nc2nc(C)cs2)nnc1-c1cccc(F)c1. The quantitative estimate of drug-likeness (QED) is 0.665. The standard InChI is InChI=1S/C16H16FN5OS2/c1-3-22-14(11-5-4-6-12(17)7-11)20-21-16(22)25-9-13(23)19-15-18-10(2)8-24-15/h4-8H,3,9H2,1-2H3,(H,18,19,23). The lowest BCUT2D eigenvalue weighted by atomic mass is 10.2. The summed E-state index contributed by atoms with van der Waals surface area (Å²) in [7, 11) is 0. The van der Waals surface area contributed by atoms with Gasteiger partial charge in [0, 0.05) is 17.5 Å². The van der Waals surface area contributed by atoms with Crippen molar-refractivity contribution in [1.82, 2.24) is 19.7 Å². The second kappa shape index (κ2) is 7.75. The fourth-order valence-electron chi connectivity index (χ4n) is 2.22. The van der Waals surface area contributed by atoms with E-state index >= 15 is 0 Å². The van der Waals surface area contributed by atoms with Gasteiger partial charge in [-0.15, -0.1) is 21.5 Å². The van der Waals surface area contributed by atoms with Gasteiger partial charge in [-0.25, -0.2) is 9.37 Å². The Hall–Kier alpha value is -2.26. The molecule has 1 amide bonds. The maximum Gasteiger partial charge on any atom is 0.236 e. The van der Waals surface area contributed by atoms with Gasteiger partial charge in [-0.05, 0) is 26.0 Å². The molecule has 3 aromatic rings.